The molecule has 0 saturated heterocycles. The van der Waals surface area contributed by atoms with Gasteiger partial charge in [-0.1, -0.05) is 18.2 Å². The molecule has 168 valence electrons. The third-order valence-electron chi connectivity index (χ3n) is 4.82. The number of hydrogen-bond acceptors (Lipinski definition) is 6. The zero-order valence-electron chi connectivity index (χ0n) is 17.8. The first-order valence-electron chi connectivity index (χ1n) is 9.99. The number of rotatable bonds is 8. The molecule has 0 aliphatic rings. The van der Waals surface area contributed by atoms with Crippen molar-refractivity contribution in [2.45, 2.75) is 31.6 Å². The van der Waals surface area contributed by atoms with Gasteiger partial charge in [0.1, 0.15) is 0 Å². The maximum absolute atomic E-state index is 13.3. The molecule has 0 saturated carbocycles. The molecule has 3 rings (SSSR count). The third-order valence-corrected chi connectivity index (χ3v) is 6.66. The normalized spacial score (nSPS) is 11.2. The van der Waals surface area contributed by atoms with Crippen molar-refractivity contribution in [2.24, 2.45) is 0 Å². The molecule has 3 aromatic rings. The highest BCUT2D eigenvalue weighted by Gasteiger charge is 2.24. The van der Waals surface area contributed by atoms with Gasteiger partial charge in [0.15, 0.2) is 0 Å². The molecule has 0 atom stereocenters. The van der Waals surface area contributed by atoms with E-state index < -0.39 is 10.0 Å². The Kier molecular flexibility index (Phi) is 6.94. The quantitative estimate of drug-likeness (QED) is 0.446. The number of H-pyrrole nitrogens is 1. The Balaban J connectivity index is 1.84. The number of sulfonamides is 1. The van der Waals surface area contributed by atoms with Gasteiger partial charge in [-0.05, 0) is 56.2 Å². The second-order valence-corrected chi connectivity index (χ2v) is 9.11. The van der Waals surface area contributed by atoms with Crippen LogP contribution in [0.3, 0.4) is 0 Å². The highest BCUT2D eigenvalue weighted by atomic mass is 32.2. The predicted octanol–water partition coefficient (Wildman–Crippen LogP) is 2.45. The molecule has 4 N–H and O–H groups in total. The summed E-state index contributed by atoms with van der Waals surface area (Å²) in [6.07, 6.45) is 0.698. The van der Waals surface area contributed by atoms with E-state index in [0.29, 0.717) is 35.5 Å². The first-order valence-corrected chi connectivity index (χ1v) is 11.4. The van der Waals surface area contributed by atoms with Crippen LogP contribution in [-0.2, 0) is 21.2 Å². The molecule has 9 nitrogen and oxygen atoms in total. The summed E-state index contributed by atoms with van der Waals surface area (Å²) in [7, 11) is -3.84. The van der Waals surface area contributed by atoms with Gasteiger partial charge in [-0.25, -0.2) is 13.4 Å². The van der Waals surface area contributed by atoms with Crippen molar-refractivity contribution in [2.75, 3.05) is 21.9 Å². The van der Waals surface area contributed by atoms with Gasteiger partial charge in [0.05, 0.1) is 10.6 Å². The van der Waals surface area contributed by atoms with Gasteiger partial charge in [-0.3, -0.25) is 24.2 Å². The van der Waals surface area contributed by atoms with Crippen LogP contribution in [0.2, 0.25) is 0 Å². The van der Waals surface area contributed by atoms with Gasteiger partial charge in [-0.2, -0.15) is 0 Å². The van der Waals surface area contributed by atoms with Crippen LogP contribution in [-0.4, -0.2) is 30.8 Å². The summed E-state index contributed by atoms with van der Waals surface area (Å²) in [5, 5.41) is 2.45. The molecule has 2 aromatic carbocycles. The highest BCUT2D eigenvalue weighted by molar-refractivity contribution is 7.92. The lowest BCUT2D eigenvalue weighted by Crippen LogP contribution is -2.32. The highest BCUT2D eigenvalue weighted by Crippen LogP contribution is 2.24. The number of aromatic amines is 1. The molecule has 1 amide bonds. The van der Waals surface area contributed by atoms with Gasteiger partial charge >= 0.3 is 0 Å². The number of nitrogens with zero attached hydrogens (tertiary/aromatic N) is 2. The second kappa shape index (κ2) is 9.65. The first-order chi connectivity index (χ1) is 15.2. The van der Waals surface area contributed by atoms with Crippen molar-refractivity contribution >= 4 is 33.3 Å². The zero-order valence-corrected chi connectivity index (χ0v) is 18.6. The number of carbonyl (C=O) groups excluding carboxylic acids is 1. The van der Waals surface area contributed by atoms with Crippen molar-refractivity contribution in [1.82, 2.24) is 9.97 Å². The topological polar surface area (TPSA) is 138 Å². The predicted molar refractivity (Wildman–Crippen MR) is 124 cm³/mol. The Morgan fingerprint density at radius 2 is 1.78 bits per heavy atom. The van der Waals surface area contributed by atoms with Crippen LogP contribution < -0.4 is 20.9 Å². The van der Waals surface area contributed by atoms with Crippen molar-refractivity contribution < 1.29 is 13.2 Å². The molecule has 0 radical (unpaired) electrons. The SMILES string of the molecule is CC(=O)Nc1nc(C)c(CCCN(c2ccccc2)S(=O)(=O)c2ccc(N)cc2)c(=O)[nH]1. The minimum Gasteiger partial charge on any atom is -0.399 e. The fraction of sp³-hybridized carbons (Fsp3) is 0.227. The molecule has 1 heterocycles. The molecular weight excluding hydrogens is 430 g/mol. The molecular formula is C22H25N5O4S. The van der Waals surface area contributed by atoms with Gasteiger partial charge < -0.3 is 5.73 Å². The van der Waals surface area contributed by atoms with Gasteiger partial charge in [0.25, 0.3) is 15.6 Å². The maximum Gasteiger partial charge on any atom is 0.264 e. The van der Waals surface area contributed by atoms with E-state index in [9.17, 15) is 18.0 Å². The molecule has 0 aliphatic carbocycles. The van der Waals surface area contributed by atoms with E-state index in [1.54, 1.807) is 43.3 Å². The van der Waals surface area contributed by atoms with Crippen LogP contribution in [0.25, 0.3) is 0 Å². The summed E-state index contributed by atoms with van der Waals surface area (Å²) in [6.45, 7) is 3.15. The van der Waals surface area contributed by atoms with Crippen molar-refractivity contribution in [3.05, 3.63) is 76.2 Å². The Bertz CT molecular complexity index is 1260. The number of nitrogens with two attached hydrogens (primary N) is 1. The van der Waals surface area contributed by atoms with Crippen LogP contribution >= 0.6 is 0 Å². The van der Waals surface area contributed by atoms with Crippen molar-refractivity contribution in [1.29, 1.82) is 0 Å². The van der Waals surface area contributed by atoms with E-state index in [4.69, 9.17) is 5.73 Å². The minimum absolute atomic E-state index is 0.0839. The number of nitrogens with one attached hydrogen (secondary N) is 2. The number of carbonyl (C=O) groups is 1. The van der Waals surface area contributed by atoms with E-state index in [2.05, 4.69) is 15.3 Å². The average molecular weight is 456 g/mol. The third kappa shape index (κ3) is 5.33. The number of aryl methyl sites for hydroxylation is 1. The summed E-state index contributed by atoms with van der Waals surface area (Å²) >= 11 is 0. The van der Waals surface area contributed by atoms with Gasteiger partial charge in [0, 0.05) is 30.4 Å². The molecule has 32 heavy (non-hydrogen) atoms. The summed E-state index contributed by atoms with van der Waals surface area (Å²) in [5.74, 6) is -0.257. The largest absolute Gasteiger partial charge is 0.399 e. The first kappa shape index (κ1) is 23.0. The molecule has 0 spiro atoms. The van der Waals surface area contributed by atoms with E-state index in [1.807, 2.05) is 6.07 Å². The number of benzene rings is 2. The molecule has 1 aromatic heterocycles. The Morgan fingerprint density at radius 3 is 2.38 bits per heavy atom. The molecule has 10 heteroatoms. The fourth-order valence-electron chi connectivity index (χ4n) is 3.28. The molecule has 0 aliphatic heterocycles. The van der Waals surface area contributed by atoms with Crippen LogP contribution in [0.4, 0.5) is 17.3 Å². The van der Waals surface area contributed by atoms with Crippen LogP contribution in [0, 0.1) is 6.92 Å². The second-order valence-electron chi connectivity index (χ2n) is 7.24. The summed E-state index contributed by atoms with van der Waals surface area (Å²) < 4.78 is 28.0. The van der Waals surface area contributed by atoms with Gasteiger partial charge in [-0.15, -0.1) is 0 Å². The maximum atomic E-state index is 13.3. The van der Waals surface area contributed by atoms with E-state index in [-0.39, 0.29) is 28.9 Å². The molecule has 0 fully saturated rings. The lowest BCUT2D eigenvalue weighted by atomic mass is 10.1. The van der Waals surface area contributed by atoms with Gasteiger partial charge in [0.2, 0.25) is 11.9 Å². The van der Waals surface area contributed by atoms with E-state index in [0.717, 1.165) is 0 Å². The standard InChI is InChI=1S/C22H25N5O4S/c1-15-20(21(29)26-22(24-15)25-16(2)28)9-6-14-27(18-7-4-3-5-8-18)32(30,31)19-12-10-17(23)11-13-19/h3-5,7-8,10-13H,6,9,14,23H2,1-2H3,(H2,24,25,26,28,29). The molecule has 0 unspecified atom stereocenters. The fourth-order valence-corrected chi connectivity index (χ4v) is 4.78. The summed E-state index contributed by atoms with van der Waals surface area (Å²) in [5.41, 5.74) is 7.24. The zero-order chi connectivity index (χ0) is 23.3. The smallest absolute Gasteiger partial charge is 0.264 e. The number of anilines is 3. The van der Waals surface area contributed by atoms with Crippen molar-refractivity contribution in [3.8, 4) is 0 Å². The average Bonchev–Trinajstić information content (AvgIpc) is 2.73. The summed E-state index contributed by atoms with van der Waals surface area (Å²) in [6, 6.07) is 14.8. The number of aromatic nitrogens is 2. The number of nitrogen functional groups attached to an aromatic ring is 1. The molecule has 0 bridgehead atoms. The van der Waals surface area contributed by atoms with Crippen LogP contribution in [0.5, 0.6) is 0 Å². The Labute approximate surface area is 186 Å². The number of amides is 1. The minimum atomic E-state index is -3.84. The lowest BCUT2D eigenvalue weighted by molar-refractivity contribution is -0.114. The van der Waals surface area contributed by atoms with Crippen LogP contribution in [0.15, 0.2) is 64.3 Å². The monoisotopic (exact) mass is 455 g/mol. The van der Waals surface area contributed by atoms with Crippen molar-refractivity contribution in [3.63, 3.8) is 0 Å². The number of para-hydroxylation sites is 1. The Hall–Kier alpha value is -3.66. The number of hydrogen-bond donors (Lipinski definition) is 3. The summed E-state index contributed by atoms with van der Waals surface area (Å²) in [4.78, 5) is 30.5. The lowest BCUT2D eigenvalue weighted by Gasteiger charge is -2.24. The van der Waals surface area contributed by atoms with E-state index in [1.165, 1.54) is 23.4 Å². The van der Waals surface area contributed by atoms with E-state index >= 15 is 0 Å². The Morgan fingerprint density at radius 1 is 1.12 bits per heavy atom. The van der Waals surface area contributed by atoms with Crippen LogP contribution in [0.1, 0.15) is 24.6 Å².